The number of rotatable bonds is 12. The van der Waals surface area contributed by atoms with Gasteiger partial charge in [-0.1, -0.05) is 39.8 Å². The average molecular weight is 471 g/mol. The second-order valence-corrected chi connectivity index (χ2v) is 20.3. The van der Waals surface area contributed by atoms with E-state index in [1.807, 2.05) is 26.0 Å². The predicted octanol–water partition coefficient (Wildman–Crippen LogP) is 6.77. The zero-order valence-corrected chi connectivity index (χ0v) is 23.9. The molecule has 0 radical (unpaired) electrons. The van der Waals surface area contributed by atoms with Crippen LogP contribution in [-0.2, 0) is 23.2 Å². The van der Waals surface area contributed by atoms with Gasteiger partial charge in [-0.15, -0.1) is 0 Å². The van der Waals surface area contributed by atoms with Gasteiger partial charge in [0.2, 0.25) is 0 Å². The molecule has 2 atom stereocenters. The van der Waals surface area contributed by atoms with Gasteiger partial charge in [-0.2, -0.15) is 0 Å². The van der Waals surface area contributed by atoms with Gasteiger partial charge in [-0.05, 0) is 75.1 Å². The van der Waals surface area contributed by atoms with Crippen molar-refractivity contribution in [3.8, 4) is 0 Å². The molecule has 0 rings (SSSR count). The summed E-state index contributed by atoms with van der Waals surface area (Å²) in [6.45, 7) is 24.9. The zero-order chi connectivity index (χ0) is 24.7. The summed E-state index contributed by atoms with van der Waals surface area (Å²) < 4.78 is 17.4. The Morgan fingerprint density at radius 3 is 1.29 bits per heavy atom. The van der Waals surface area contributed by atoms with E-state index in [1.165, 1.54) is 13.8 Å². The molecule has 0 heterocycles. The summed E-state index contributed by atoms with van der Waals surface area (Å²) in [5, 5.41) is 0.0545. The largest absolute Gasteiger partial charge is 0.459 e. The summed E-state index contributed by atoms with van der Waals surface area (Å²) in [7, 11) is -4.11. The number of ether oxygens (including phenoxy) is 2. The van der Waals surface area contributed by atoms with E-state index in [1.54, 1.807) is 0 Å². The van der Waals surface area contributed by atoms with E-state index in [0.717, 1.165) is 12.8 Å². The molecule has 0 aliphatic heterocycles. The van der Waals surface area contributed by atoms with Crippen LogP contribution in [0.3, 0.4) is 0 Å². The Morgan fingerprint density at radius 2 is 1.03 bits per heavy atom. The molecule has 0 spiro atoms. The van der Waals surface area contributed by atoms with E-state index < -0.39 is 16.6 Å². The van der Waals surface area contributed by atoms with Crippen molar-refractivity contribution < 1.29 is 23.2 Å². The maximum atomic E-state index is 11.1. The van der Waals surface area contributed by atoms with Crippen molar-refractivity contribution in [2.75, 3.05) is 0 Å². The Balaban J connectivity index is 5.19. The summed E-state index contributed by atoms with van der Waals surface area (Å²) in [5.74, 6) is -0.526. The third-order valence-corrected chi connectivity index (χ3v) is 17.6. The van der Waals surface area contributed by atoms with Crippen molar-refractivity contribution >= 4 is 28.6 Å². The Morgan fingerprint density at radius 1 is 0.742 bits per heavy atom. The Bertz CT molecular complexity index is 607. The lowest BCUT2D eigenvalue weighted by Crippen LogP contribution is -2.54. The molecular weight excluding hydrogens is 424 g/mol. The van der Waals surface area contributed by atoms with Crippen LogP contribution in [0.1, 0.15) is 68.2 Å². The second kappa shape index (κ2) is 11.6. The minimum absolute atomic E-state index is 0.0273. The van der Waals surface area contributed by atoms with E-state index in [0.29, 0.717) is 0 Å². The molecule has 0 aromatic rings. The molecule has 5 nitrogen and oxygen atoms in total. The molecule has 0 aliphatic rings. The molecule has 0 aromatic carbocycles. The number of carbonyl (C=O) groups is 2. The quantitative estimate of drug-likeness (QED) is 0.179. The molecule has 0 saturated carbocycles. The highest BCUT2D eigenvalue weighted by atomic mass is 28.4. The summed E-state index contributed by atoms with van der Waals surface area (Å²) in [4.78, 5) is 22.2. The predicted molar refractivity (Wildman–Crippen MR) is 134 cm³/mol. The highest BCUT2D eigenvalue weighted by molar-refractivity contribution is 6.87. The third-order valence-electron chi connectivity index (χ3n) is 6.54. The first-order valence-corrected chi connectivity index (χ1v) is 17.0. The SMILES string of the molecule is CC(=O)OC(C)C=CCC(C)(C)[Si](C)(C)O[Si](C)(C)C(C)(C)CC=CC(C)OC(C)=O. The molecule has 0 amide bonds. The monoisotopic (exact) mass is 470 g/mol. The second-order valence-electron chi connectivity index (χ2n) is 10.8. The summed E-state index contributed by atoms with van der Waals surface area (Å²) in [6.07, 6.45) is 9.46. The van der Waals surface area contributed by atoms with Gasteiger partial charge in [-0.3, -0.25) is 9.59 Å². The maximum absolute atomic E-state index is 11.1. The van der Waals surface area contributed by atoms with Gasteiger partial charge in [0.25, 0.3) is 0 Å². The minimum atomic E-state index is -2.05. The molecule has 0 aliphatic carbocycles. The first kappa shape index (κ1) is 29.8. The first-order valence-electron chi connectivity index (χ1n) is 11.2. The van der Waals surface area contributed by atoms with Gasteiger partial charge in [0.1, 0.15) is 12.2 Å². The number of hydrogen-bond acceptors (Lipinski definition) is 5. The van der Waals surface area contributed by atoms with Crippen LogP contribution in [0.4, 0.5) is 0 Å². The van der Waals surface area contributed by atoms with E-state index in [2.05, 4.69) is 66.0 Å². The average Bonchev–Trinajstić information content (AvgIpc) is 2.51. The minimum Gasteiger partial charge on any atom is -0.459 e. The van der Waals surface area contributed by atoms with E-state index >= 15 is 0 Å². The molecule has 7 heteroatoms. The lowest BCUT2D eigenvalue weighted by atomic mass is 10.1. The van der Waals surface area contributed by atoms with Crippen molar-refractivity contribution in [2.24, 2.45) is 0 Å². The molecule has 31 heavy (non-hydrogen) atoms. The van der Waals surface area contributed by atoms with Crippen LogP contribution in [0.5, 0.6) is 0 Å². The fourth-order valence-electron chi connectivity index (χ4n) is 3.12. The van der Waals surface area contributed by atoms with E-state index in [4.69, 9.17) is 13.6 Å². The number of hydrogen-bond donors (Lipinski definition) is 0. The van der Waals surface area contributed by atoms with Crippen LogP contribution in [-0.4, -0.2) is 40.8 Å². The summed E-state index contributed by atoms with van der Waals surface area (Å²) in [5.41, 5.74) is 0. The Kier molecular flexibility index (Phi) is 11.2. The van der Waals surface area contributed by atoms with Gasteiger partial charge >= 0.3 is 11.9 Å². The van der Waals surface area contributed by atoms with Crippen molar-refractivity contribution in [1.82, 2.24) is 0 Å². The molecular formula is C24H46O5Si2. The molecule has 0 bridgehead atoms. The smallest absolute Gasteiger partial charge is 0.303 e. The fraction of sp³-hybridized carbons (Fsp3) is 0.750. The lowest BCUT2D eigenvalue weighted by Gasteiger charge is -2.49. The van der Waals surface area contributed by atoms with Crippen LogP contribution in [0, 0.1) is 0 Å². The molecule has 0 N–H and O–H groups in total. The van der Waals surface area contributed by atoms with Crippen molar-refractivity contribution in [1.29, 1.82) is 0 Å². The number of allylic oxidation sites excluding steroid dienone is 2. The van der Waals surface area contributed by atoms with Crippen LogP contribution in [0.25, 0.3) is 0 Å². The number of carbonyl (C=O) groups excluding carboxylic acids is 2. The van der Waals surface area contributed by atoms with Crippen LogP contribution >= 0.6 is 0 Å². The van der Waals surface area contributed by atoms with Crippen LogP contribution < -0.4 is 0 Å². The van der Waals surface area contributed by atoms with Crippen molar-refractivity contribution in [3.63, 3.8) is 0 Å². The Labute approximate surface area is 192 Å². The number of esters is 2. The van der Waals surface area contributed by atoms with Gasteiger partial charge in [0.15, 0.2) is 16.6 Å². The van der Waals surface area contributed by atoms with Crippen LogP contribution in [0.2, 0.25) is 36.3 Å². The summed E-state index contributed by atoms with van der Waals surface area (Å²) >= 11 is 0. The maximum Gasteiger partial charge on any atom is 0.303 e. The zero-order valence-electron chi connectivity index (χ0n) is 21.9. The molecule has 0 saturated heterocycles. The van der Waals surface area contributed by atoms with E-state index in [-0.39, 0.29) is 34.2 Å². The standard InChI is InChI=1S/C24H46O5Si2/c1-19(27-21(3)25)15-13-17-23(5,6)30(9,10)29-31(11,12)24(7,8)18-14-16-20(2)28-22(4)26/h13-16,19-20H,17-18H2,1-12H3. The van der Waals surface area contributed by atoms with Crippen molar-refractivity contribution in [2.45, 2.75) is 117 Å². The normalized spacial score (nSPS) is 15.9. The van der Waals surface area contributed by atoms with Crippen molar-refractivity contribution in [3.05, 3.63) is 24.3 Å². The molecule has 0 fully saturated rings. The molecule has 2 unspecified atom stereocenters. The van der Waals surface area contributed by atoms with Gasteiger partial charge in [-0.25, -0.2) is 0 Å². The van der Waals surface area contributed by atoms with Gasteiger partial charge in [0.05, 0.1) is 0 Å². The third kappa shape index (κ3) is 10.3. The molecule has 0 aromatic heterocycles. The molecule has 180 valence electrons. The highest BCUT2D eigenvalue weighted by Gasteiger charge is 2.49. The first-order chi connectivity index (χ1) is 13.8. The highest BCUT2D eigenvalue weighted by Crippen LogP contribution is 2.48. The fourth-order valence-corrected chi connectivity index (χ4v) is 11.6. The summed E-state index contributed by atoms with van der Waals surface area (Å²) in [6, 6.07) is 0. The van der Waals surface area contributed by atoms with E-state index in [9.17, 15) is 9.59 Å². The Hall–Kier alpha value is -1.19. The lowest BCUT2D eigenvalue weighted by molar-refractivity contribution is -0.144. The van der Waals surface area contributed by atoms with Gasteiger partial charge in [0, 0.05) is 13.8 Å². The topological polar surface area (TPSA) is 61.8 Å². The van der Waals surface area contributed by atoms with Gasteiger partial charge < -0.3 is 13.6 Å². The van der Waals surface area contributed by atoms with Crippen LogP contribution in [0.15, 0.2) is 24.3 Å².